The van der Waals surface area contributed by atoms with Gasteiger partial charge in [-0.1, -0.05) is 5.92 Å². The van der Waals surface area contributed by atoms with Crippen LogP contribution in [-0.2, 0) is 7.05 Å². The number of rotatable bonds is 1. The molecule has 0 aliphatic heterocycles. The van der Waals surface area contributed by atoms with Gasteiger partial charge in [-0.2, -0.15) is 0 Å². The minimum atomic E-state index is -1.02. The van der Waals surface area contributed by atoms with E-state index < -0.39 is 17.2 Å². The molecule has 2 heterocycles. The van der Waals surface area contributed by atoms with Crippen LogP contribution in [0.5, 0.6) is 0 Å². The van der Waals surface area contributed by atoms with Gasteiger partial charge in [0.1, 0.15) is 23.1 Å². The lowest BCUT2D eigenvalue weighted by molar-refractivity contribution is 0.110. The van der Waals surface area contributed by atoms with Crippen molar-refractivity contribution < 1.29 is 13.9 Å². The normalized spacial score (nSPS) is 15.1. The molecule has 6 nitrogen and oxygen atoms in total. The van der Waals surface area contributed by atoms with Crippen LogP contribution >= 0.6 is 12.4 Å². The van der Waals surface area contributed by atoms with Gasteiger partial charge in [-0.05, 0) is 49.8 Å². The standard InChI is InChI=1S/C19H17F2N5O.ClH/c1-26-17(12-10-11(20)4-5-13(12)21)25-15-16(22)23-14(24-18(15)26)6-9-19(27)7-2-3-8-19;/h4-5,10,27H,2-3,7-8H2,1H3,(H2,22,23,24);1H. The van der Waals surface area contributed by atoms with E-state index in [9.17, 15) is 13.9 Å². The first kappa shape index (κ1) is 20.0. The van der Waals surface area contributed by atoms with Crippen molar-refractivity contribution in [2.75, 3.05) is 5.73 Å². The molecular formula is C19H18ClF2N5O. The Balaban J connectivity index is 0.00000225. The van der Waals surface area contributed by atoms with Gasteiger partial charge in [-0.25, -0.2) is 23.7 Å². The number of nitrogens with zero attached hydrogens (tertiary/aromatic N) is 4. The molecule has 3 N–H and O–H groups in total. The highest BCUT2D eigenvalue weighted by Gasteiger charge is 2.28. The maximum absolute atomic E-state index is 14.1. The zero-order valence-corrected chi connectivity index (χ0v) is 15.9. The lowest BCUT2D eigenvalue weighted by Gasteiger charge is -2.12. The molecular weight excluding hydrogens is 388 g/mol. The van der Waals surface area contributed by atoms with E-state index in [-0.39, 0.29) is 41.0 Å². The number of halogens is 3. The number of aromatic nitrogens is 4. The maximum atomic E-state index is 14.1. The molecule has 0 unspecified atom stereocenters. The number of aryl methyl sites for hydroxylation is 1. The van der Waals surface area contributed by atoms with E-state index in [1.54, 1.807) is 7.05 Å². The van der Waals surface area contributed by atoms with E-state index in [1.165, 1.54) is 4.57 Å². The number of nitrogen functional groups attached to an aromatic ring is 1. The second kappa shape index (κ2) is 7.34. The van der Waals surface area contributed by atoms with Gasteiger partial charge in [0.05, 0.1) is 5.56 Å². The van der Waals surface area contributed by atoms with Crippen molar-refractivity contribution in [1.82, 2.24) is 19.5 Å². The second-order valence-corrected chi connectivity index (χ2v) is 6.71. The number of fused-ring (bicyclic) bond motifs is 1. The van der Waals surface area contributed by atoms with Crippen LogP contribution in [0.15, 0.2) is 18.2 Å². The molecule has 1 aliphatic carbocycles. The molecule has 2 aromatic heterocycles. The minimum Gasteiger partial charge on any atom is -0.382 e. The summed E-state index contributed by atoms with van der Waals surface area (Å²) in [4.78, 5) is 12.7. The smallest absolute Gasteiger partial charge is 0.209 e. The van der Waals surface area contributed by atoms with Gasteiger partial charge in [0.15, 0.2) is 17.0 Å². The molecule has 9 heteroatoms. The highest BCUT2D eigenvalue weighted by atomic mass is 35.5. The first-order chi connectivity index (χ1) is 12.9. The summed E-state index contributed by atoms with van der Waals surface area (Å²) in [6.07, 6.45) is 3.09. The molecule has 0 radical (unpaired) electrons. The number of anilines is 1. The van der Waals surface area contributed by atoms with E-state index in [0.717, 1.165) is 31.0 Å². The highest BCUT2D eigenvalue weighted by Crippen LogP contribution is 2.29. The van der Waals surface area contributed by atoms with Crippen LogP contribution in [0.3, 0.4) is 0 Å². The molecule has 0 bridgehead atoms. The molecule has 1 aromatic carbocycles. The number of nitrogens with two attached hydrogens (primary N) is 1. The van der Waals surface area contributed by atoms with Crippen molar-refractivity contribution in [3.63, 3.8) is 0 Å². The molecule has 1 aliphatic rings. The van der Waals surface area contributed by atoms with Crippen LogP contribution in [0.2, 0.25) is 0 Å². The summed E-state index contributed by atoms with van der Waals surface area (Å²) in [6, 6.07) is 3.14. The summed E-state index contributed by atoms with van der Waals surface area (Å²) in [5, 5.41) is 10.3. The van der Waals surface area contributed by atoms with Gasteiger partial charge in [0.2, 0.25) is 5.82 Å². The van der Waals surface area contributed by atoms with Gasteiger partial charge < -0.3 is 15.4 Å². The topological polar surface area (TPSA) is 89.9 Å². The number of aliphatic hydroxyl groups is 1. The summed E-state index contributed by atoms with van der Waals surface area (Å²) in [6.45, 7) is 0. The summed E-state index contributed by atoms with van der Waals surface area (Å²) in [7, 11) is 1.63. The van der Waals surface area contributed by atoms with Crippen molar-refractivity contribution in [3.05, 3.63) is 35.7 Å². The van der Waals surface area contributed by atoms with Crippen molar-refractivity contribution >= 4 is 29.4 Å². The number of hydrogen-bond acceptors (Lipinski definition) is 5. The fraction of sp³-hybridized carbons (Fsp3) is 0.316. The van der Waals surface area contributed by atoms with Gasteiger partial charge in [-0.3, -0.25) is 0 Å². The van der Waals surface area contributed by atoms with E-state index >= 15 is 0 Å². The van der Waals surface area contributed by atoms with E-state index in [2.05, 4.69) is 26.8 Å². The van der Waals surface area contributed by atoms with Crippen LogP contribution in [0.25, 0.3) is 22.6 Å². The maximum Gasteiger partial charge on any atom is 0.209 e. The average Bonchev–Trinajstić information content (AvgIpc) is 3.21. The first-order valence-electron chi connectivity index (χ1n) is 8.57. The fourth-order valence-electron chi connectivity index (χ4n) is 3.30. The summed E-state index contributed by atoms with van der Waals surface area (Å²) in [5.74, 6) is 4.84. The average molecular weight is 406 g/mol. The SMILES string of the molecule is Cl.Cn1c(-c2cc(F)ccc2F)nc2c(N)nc(C#CC3(O)CCCC3)nc21. The Bertz CT molecular complexity index is 1110. The number of hydrogen-bond donors (Lipinski definition) is 2. The fourth-order valence-corrected chi connectivity index (χ4v) is 3.30. The molecule has 0 amide bonds. The predicted molar refractivity (Wildman–Crippen MR) is 104 cm³/mol. The zero-order chi connectivity index (χ0) is 19.2. The molecule has 146 valence electrons. The van der Waals surface area contributed by atoms with Crippen LogP contribution in [0.1, 0.15) is 31.5 Å². The first-order valence-corrected chi connectivity index (χ1v) is 8.57. The lowest BCUT2D eigenvalue weighted by Crippen LogP contribution is -2.20. The van der Waals surface area contributed by atoms with Gasteiger partial charge in [-0.15, -0.1) is 12.4 Å². The Morgan fingerprint density at radius 3 is 2.61 bits per heavy atom. The van der Waals surface area contributed by atoms with Crippen LogP contribution in [-0.4, -0.2) is 30.2 Å². The summed E-state index contributed by atoms with van der Waals surface area (Å²) < 4.78 is 29.2. The number of benzene rings is 1. The zero-order valence-electron chi connectivity index (χ0n) is 15.0. The van der Waals surface area contributed by atoms with Crippen LogP contribution in [0.4, 0.5) is 14.6 Å². The third kappa shape index (κ3) is 3.51. The Morgan fingerprint density at radius 2 is 1.89 bits per heavy atom. The van der Waals surface area contributed by atoms with Gasteiger partial charge in [0, 0.05) is 7.05 Å². The Labute approximate surface area is 166 Å². The van der Waals surface area contributed by atoms with Gasteiger partial charge in [0.25, 0.3) is 0 Å². The van der Waals surface area contributed by atoms with Crippen molar-refractivity contribution in [1.29, 1.82) is 0 Å². The molecule has 28 heavy (non-hydrogen) atoms. The highest BCUT2D eigenvalue weighted by molar-refractivity contribution is 5.86. The molecule has 3 aromatic rings. The largest absolute Gasteiger partial charge is 0.382 e. The van der Waals surface area contributed by atoms with Gasteiger partial charge >= 0.3 is 0 Å². The van der Waals surface area contributed by atoms with Crippen LogP contribution < -0.4 is 5.73 Å². The lowest BCUT2D eigenvalue weighted by atomic mass is 10.0. The Morgan fingerprint density at radius 1 is 1.18 bits per heavy atom. The third-order valence-corrected chi connectivity index (χ3v) is 4.75. The van der Waals surface area contributed by atoms with E-state index in [1.807, 2.05) is 0 Å². The third-order valence-electron chi connectivity index (χ3n) is 4.75. The molecule has 1 saturated carbocycles. The predicted octanol–water partition coefficient (Wildman–Crippen LogP) is 2.97. The quantitative estimate of drug-likeness (QED) is 0.607. The van der Waals surface area contributed by atoms with Crippen molar-refractivity contribution in [2.45, 2.75) is 31.3 Å². The Hall–Kier alpha value is -2.76. The monoisotopic (exact) mass is 405 g/mol. The number of imidazole rings is 1. The van der Waals surface area contributed by atoms with E-state index in [0.29, 0.717) is 18.5 Å². The second-order valence-electron chi connectivity index (χ2n) is 6.71. The van der Waals surface area contributed by atoms with E-state index in [4.69, 9.17) is 5.73 Å². The Kier molecular flexibility index (Phi) is 5.24. The molecule has 0 saturated heterocycles. The molecule has 0 spiro atoms. The minimum absolute atomic E-state index is 0. The molecule has 4 rings (SSSR count). The molecule has 1 fully saturated rings. The van der Waals surface area contributed by atoms with Crippen LogP contribution in [0, 0.1) is 23.5 Å². The van der Waals surface area contributed by atoms with Crippen molar-refractivity contribution in [2.24, 2.45) is 7.05 Å². The van der Waals surface area contributed by atoms with Crippen molar-refractivity contribution in [3.8, 4) is 23.2 Å². The molecule has 0 atom stereocenters. The summed E-state index contributed by atoms with van der Waals surface area (Å²) >= 11 is 0. The summed E-state index contributed by atoms with van der Waals surface area (Å²) in [5.41, 5.74) is 5.59.